The second-order valence-corrected chi connectivity index (χ2v) is 3.57. The highest BCUT2D eigenvalue weighted by atomic mass is 16.5. The number of hydrogen-bond donors (Lipinski definition) is 1. The number of hydrogen-bond acceptors (Lipinski definition) is 3. The van der Waals surface area contributed by atoms with Crippen LogP contribution in [0.5, 0.6) is 0 Å². The van der Waals surface area contributed by atoms with Crippen molar-refractivity contribution in [3.8, 4) is 0 Å². The van der Waals surface area contributed by atoms with E-state index in [4.69, 9.17) is 5.73 Å². The van der Waals surface area contributed by atoms with Crippen molar-refractivity contribution in [2.24, 2.45) is 5.73 Å². The Kier molecular flexibility index (Phi) is 7.52. The van der Waals surface area contributed by atoms with Gasteiger partial charge in [0, 0.05) is 0 Å². The van der Waals surface area contributed by atoms with Crippen molar-refractivity contribution in [1.82, 2.24) is 0 Å². The minimum atomic E-state index is -0.325. The Balaban J connectivity index is 0.00000137. The Hall–Kier alpha value is -1.77. The van der Waals surface area contributed by atoms with Crippen molar-refractivity contribution in [2.75, 3.05) is 7.11 Å². The first kappa shape index (κ1) is 16.2. The molecule has 0 aromatic heterocycles. The van der Waals surface area contributed by atoms with Gasteiger partial charge in [0.1, 0.15) is 0 Å². The summed E-state index contributed by atoms with van der Waals surface area (Å²) in [4.78, 5) is 11.4. The lowest BCUT2D eigenvalue weighted by Gasteiger charge is -2.09. The van der Waals surface area contributed by atoms with Crippen LogP contribution in [0.25, 0.3) is 5.57 Å². The topological polar surface area (TPSA) is 52.3 Å². The van der Waals surface area contributed by atoms with E-state index < -0.39 is 0 Å². The largest absolute Gasteiger partial charge is 0.465 e. The molecule has 3 nitrogen and oxygen atoms in total. The Morgan fingerprint density at radius 1 is 1.39 bits per heavy atom. The first-order valence-electron chi connectivity index (χ1n) is 6.24. The molecule has 0 atom stereocenters. The fourth-order valence-electron chi connectivity index (χ4n) is 1.61. The molecule has 0 aliphatic rings. The van der Waals surface area contributed by atoms with Gasteiger partial charge in [-0.2, -0.15) is 0 Å². The van der Waals surface area contributed by atoms with Gasteiger partial charge in [0.2, 0.25) is 0 Å². The van der Waals surface area contributed by atoms with E-state index in [0.29, 0.717) is 5.56 Å². The second-order valence-electron chi connectivity index (χ2n) is 3.57. The average Bonchev–Trinajstić information content (AvgIpc) is 2.43. The highest BCUT2D eigenvalue weighted by Crippen LogP contribution is 2.22. The summed E-state index contributed by atoms with van der Waals surface area (Å²) in [6.07, 6.45) is 2.42. The van der Waals surface area contributed by atoms with Crippen LogP contribution in [-0.4, -0.2) is 13.1 Å². The molecule has 0 heterocycles. The lowest BCUT2D eigenvalue weighted by atomic mass is 9.97. The zero-order chi connectivity index (χ0) is 14.1. The summed E-state index contributed by atoms with van der Waals surface area (Å²) in [7, 11) is 1.38. The fourth-order valence-corrected chi connectivity index (χ4v) is 1.61. The maximum atomic E-state index is 11.4. The number of ether oxygens (including phenoxy) is 1. The molecule has 0 fully saturated rings. The van der Waals surface area contributed by atoms with Gasteiger partial charge in [-0.05, 0) is 48.4 Å². The fraction of sp³-hybridized carbons (Fsp3) is 0.400. The van der Waals surface area contributed by atoms with Crippen LogP contribution in [-0.2, 0) is 4.74 Å². The maximum absolute atomic E-state index is 11.4. The Morgan fingerprint density at radius 2 is 2.00 bits per heavy atom. The quantitative estimate of drug-likeness (QED) is 0.834. The summed E-state index contributed by atoms with van der Waals surface area (Å²) in [5.74, 6) is -0.325. The third-order valence-electron chi connectivity index (χ3n) is 2.59. The molecule has 0 spiro atoms. The zero-order valence-corrected chi connectivity index (χ0v) is 11.9. The van der Waals surface area contributed by atoms with Gasteiger partial charge in [-0.1, -0.05) is 26.8 Å². The van der Waals surface area contributed by atoms with E-state index in [-0.39, 0.29) is 5.97 Å². The monoisotopic (exact) mass is 249 g/mol. The van der Waals surface area contributed by atoms with E-state index in [2.05, 4.69) is 4.74 Å². The van der Waals surface area contributed by atoms with Crippen LogP contribution in [0.3, 0.4) is 0 Å². The molecule has 0 aliphatic heterocycles. The molecular weight excluding hydrogens is 226 g/mol. The molecule has 3 heteroatoms. The zero-order valence-electron chi connectivity index (χ0n) is 11.9. The Bertz CT molecular complexity index is 423. The number of rotatable bonds is 3. The highest BCUT2D eigenvalue weighted by Gasteiger charge is 2.09. The van der Waals surface area contributed by atoms with Gasteiger partial charge in [-0.15, -0.1) is 0 Å². The molecule has 1 rings (SSSR count). The van der Waals surface area contributed by atoms with Crippen molar-refractivity contribution in [1.29, 1.82) is 0 Å². The minimum absolute atomic E-state index is 0.325. The molecule has 0 radical (unpaired) electrons. The SMILES string of the molecule is CC.CC/C(=C/N)c1cc(C(=O)OC)ccc1C. The van der Waals surface area contributed by atoms with Gasteiger partial charge in [0.15, 0.2) is 0 Å². The molecule has 100 valence electrons. The number of carbonyl (C=O) groups is 1. The van der Waals surface area contributed by atoms with Crippen LogP contribution in [0.2, 0.25) is 0 Å². The lowest BCUT2D eigenvalue weighted by Crippen LogP contribution is -2.03. The Morgan fingerprint density at radius 3 is 2.44 bits per heavy atom. The molecule has 0 aliphatic carbocycles. The molecule has 0 saturated heterocycles. The summed E-state index contributed by atoms with van der Waals surface area (Å²) >= 11 is 0. The summed E-state index contributed by atoms with van der Waals surface area (Å²) < 4.78 is 4.69. The summed E-state index contributed by atoms with van der Waals surface area (Å²) in [6.45, 7) is 8.03. The molecule has 1 aromatic rings. The van der Waals surface area contributed by atoms with E-state index in [1.54, 1.807) is 12.3 Å². The van der Waals surface area contributed by atoms with Crippen molar-refractivity contribution in [2.45, 2.75) is 34.1 Å². The molecule has 18 heavy (non-hydrogen) atoms. The highest BCUT2D eigenvalue weighted by molar-refractivity contribution is 5.90. The van der Waals surface area contributed by atoms with Crippen LogP contribution in [0.15, 0.2) is 24.4 Å². The summed E-state index contributed by atoms with van der Waals surface area (Å²) in [5, 5.41) is 0. The van der Waals surface area contributed by atoms with Crippen LogP contribution in [0.1, 0.15) is 48.7 Å². The third-order valence-corrected chi connectivity index (χ3v) is 2.59. The molecule has 2 N–H and O–H groups in total. The number of carbonyl (C=O) groups excluding carboxylic acids is 1. The molecule has 0 bridgehead atoms. The molecule has 0 saturated carbocycles. The van der Waals surface area contributed by atoms with E-state index >= 15 is 0 Å². The van der Waals surface area contributed by atoms with Crippen molar-refractivity contribution >= 4 is 11.5 Å². The minimum Gasteiger partial charge on any atom is -0.465 e. The van der Waals surface area contributed by atoms with E-state index in [9.17, 15) is 4.79 Å². The predicted octanol–water partition coefficient (Wildman–Crippen LogP) is 3.52. The third kappa shape index (κ3) is 3.91. The summed E-state index contributed by atoms with van der Waals surface area (Å²) in [6, 6.07) is 5.48. The van der Waals surface area contributed by atoms with Crippen LogP contribution in [0.4, 0.5) is 0 Å². The number of esters is 1. The van der Waals surface area contributed by atoms with Crippen molar-refractivity contribution in [3.05, 3.63) is 41.1 Å². The number of nitrogens with two attached hydrogens (primary N) is 1. The average molecular weight is 249 g/mol. The van der Waals surface area contributed by atoms with Crippen LogP contribution in [0, 0.1) is 6.92 Å². The maximum Gasteiger partial charge on any atom is 0.337 e. The van der Waals surface area contributed by atoms with E-state index in [0.717, 1.165) is 23.1 Å². The smallest absolute Gasteiger partial charge is 0.337 e. The van der Waals surface area contributed by atoms with E-state index in [1.807, 2.05) is 39.8 Å². The normalized spacial score (nSPS) is 10.4. The number of benzene rings is 1. The molecule has 1 aromatic carbocycles. The van der Waals surface area contributed by atoms with Gasteiger partial charge in [0.05, 0.1) is 12.7 Å². The lowest BCUT2D eigenvalue weighted by molar-refractivity contribution is 0.0600. The second kappa shape index (κ2) is 8.34. The Labute approximate surface area is 110 Å². The van der Waals surface area contributed by atoms with Gasteiger partial charge in [-0.25, -0.2) is 4.79 Å². The summed E-state index contributed by atoms with van der Waals surface area (Å²) in [5.41, 5.74) is 9.26. The van der Waals surface area contributed by atoms with Gasteiger partial charge < -0.3 is 10.5 Å². The van der Waals surface area contributed by atoms with E-state index in [1.165, 1.54) is 7.11 Å². The van der Waals surface area contributed by atoms with Crippen LogP contribution >= 0.6 is 0 Å². The molecule has 0 unspecified atom stereocenters. The molecule has 0 amide bonds. The van der Waals surface area contributed by atoms with Crippen molar-refractivity contribution in [3.63, 3.8) is 0 Å². The first-order chi connectivity index (χ1) is 8.63. The number of allylic oxidation sites excluding steroid dienone is 1. The van der Waals surface area contributed by atoms with Crippen LogP contribution < -0.4 is 5.73 Å². The van der Waals surface area contributed by atoms with Gasteiger partial charge in [-0.3, -0.25) is 0 Å². The van der Waals surface area contributed by atoms with Gasteiger partial charge in [0.25, 0.3) is 0 Å². The predicted molar refractivity (Wildman–Crippen MR) is 76.3 cm³/mol. The standard InChI is InChI=1S/C13H17NO2.C2H6/c1-4-10(8-14)12-7-11(13(15)16-3)6-5-9(12)2;1-2/h5-8H,4,14H2,1-3H3;1-2H3/b10-8-;. The number of methoxy groups -OCH3 is 1. The molecular formula is C15H23NO2. The first-order valence-corrected chi connectivity index (χ1v) is 6.24. The number of aryl methyl sites for hydroxylation is 1. The van der Waals surface area contributed by atoms with Gasteiger partial charge >= 0.3 is 5.97 Å². The van der Waals surface area contributed by atoms with Crippen molar-refractivity contribution < 1.29 is 9.53 Å².